The SMILES string of the molecule is CCC(C)n1ccc(Cn2cc(C(C)Br)nn2)n1. The molecule has 2 heterocycles. The van der Waals surface area contributed by atoms with Crippen LogP contribution in [-0.4, -0.2) is 24.8 Å². The highest BCUT2D eigenvalue weighted by Gasteiger charge is 2.08. The van der Waals surface area contributed by atoms with Crippen molar-refractivity contribution < 1.29 is 0 Å². The number of hydrogen-bond acceptors (Lipinski definition) is 3. The van der Waals surface area contributed by atoms with E-state index in [0.29, 0.717) is 12.6 Å². The second-order valence-corrected chi connectivity index (χ2v) is 5.87. The van der Waals surface area contributed by atoms with Crippen LogP contribution < -0.4 is 0 Å². The highest BCUT2D eigenvalue weighted by atomic mass is 79.9. The van der Waals surface area contributed by atoms with E-state index < -0.39 is 0 Å². The number of nitrogens with zero attached hydrogens (tertiary/aromatic N) is 5. The zero-order chi connectivity index (χ0) is 13.1. The van der Waals surface area contributed by atoms with Crippen molar-refractivity contribution in [3.63, 3.8) is 0 Å². The minimum Gasteiger partial charge on any atom is -0.270 e. The summed E-state index contributed by atoms with van der Waals surface area (Å²) in [5.74, 6) is 0. The van der Waals surface area contributed by atoms with Gasteiger partial charge in [-0.25, -0.2) is 4.68 Å². The van der Waals surface area contributed by atoms with Crippen LogP contribution in [0.25, 0.3) is 0 Å². The van der Waals surface area contributed by atoms with E-state index in [1.165, 1.54) is 0 Å². The average Bonchev–Trinajstić information content (AvgIpc) is 2.98. The maximum atomic E-state index is 4.55. The second-order valence-electron chi connectivity index (χ2n) is 4.50. The first-order valence-electron chi connectivity index (χ1n) is 6.18. The first-order valence-corrected chi connectivity index (χ1v) is 7.09. The molecule has 2 aromatic heterocycles. The van der Waals surface area contributed by atoms with Crippen LogP contribution >= 0.6 is 15.9 Å². The van der Waals surface area contributed by atoms with Gasteiger partial charge in [-0.2, -0.15) is 5.10 Å². The lowest BCUT2D eigenvalue weighted by molar-refractivity contribution is 0.470. The van der Waals surface area contributed by atoms with Gasteiger partial charge in [0, 0.05) is 12.2 Å². The molecule has 0 saturated carbocycles. The van der Waals surface area contributed by atoms with Gasteiger partial charge in [0.15, 0.2) is 0 Å². The quantitative estimate of drug-likeness (QED) is 0.798. The summed E-state index contributed by atoms with van der Waals surface area (Å²) in [5.41, 5.74) is 1.95. The monoisotopic (exact) mass is 311 g/mol. The molecule has 98 valence electrons. The molecule has 0 amide bonds. The van der Waals surface area contributed by atoms with E-state index in [1.54, 1.807) is 0 Å². The molecule has 0 aliphatic rings. The van der Waals surface area contributed by atoms with Crippen molar-refractivity contribution in [1.82, 2.24) is 24.8 Å². The molecule has 2 atom stereocenters. The highest BCUT2D eigenvalue weighted by Crippen LogP contribution is 2.18. The third kappa shape index (κ3) is 2.98. The number of hydrogen-bond donors (Lipinski definition) is 0. The third-order valence-electron chi connectivity index (χ3n) is 2.99. The van der Waals surface area contributed by atoms with E-state index in [4.69, 9.17) is 0 Å². The van der Waals surface area contributed by atoms with Gasteiger partial charge in [-0.1, -0.05) is 28.1 Å². The molecule has 0 bridgehead atoms. The Hall–Kier alpha value is -1.17. The molecule has 2 aromatic rings. The molecule has 0 N–H and O–H groups in total. The number of rotatable bonds is 5. The van der Waals surface area contributed by atoms with Crippen molar-refractivity contribution >= 4 is 15.9 Å². The Labute approximate surface area is 115 Å². The Balaban J connectivity index is 2.06. The Morgan fingerprint density at radius 3 is 2.78 bits per heavy atom. The van der Waals surface area contributed by atoms with Crippen LogP contribution in [-0.2, 0) is 6.54 Å². The summed E-state index contributed by atoms with van der Waals surface area (Å²) in [4.78, 5) is 0.226. The Kier molecular flexibility index (Phi) is 4.16. The van der Waals surface area contributed by atoms with Gasteiger partial charge in [0.05, 0.1) is 29.0 Å². The van der Waals surface area contributed by atoms with Gasteiger partial charge in [0.2, 0.25) is 0 Å². The lowest BCUT2D eigenvalue weighted by Crippen LogP contribution is -2.06. The van der Waals surface area contributed by atoms with Gasteiger partial charge in [-0.05, 0) is 26.3 Å². The predicted molar refractivity (Wildman–Crippen MR) is 73.7 cm³/mol. The first-order chi connectivity index (χ1) is 8.60. The second kappa shape index (κ2) is 5.65. The fourth-order valence-corrected chi connectivity index (χ4v) is 1.84. The average molecular weight is 312 g/mol. The molecule has 2 rings (SSSR count). The summed E-state index contributed by atoms with van der Waals surface area (Å²) in [6.45, 7) is 7.02. The molecule has 0 aromatic carbocycles. The molecule has 0 aliphatic heterocycles. The summed E-state index contributed by atoms with van der Waals surface area (Å²) < 4.78 is 3.82. The largest absolute Gasteiger partial charge is 0.270 e. The third-order valence-corrected chi connectivity index (χ3v) is 3.46. The molecule has 0 aliphatic carbocycles. The standard InChI is InChI=1S/C12H18BrN5/c1-4-9(2)18-6-5-11(15-18)7-17-8-12(10(3)13)14-16-17/h5-6,8-10H,4,7H2,1-3H3. The smallest absolute Gasteiger partial charge is 0.0960 e. The molecule has 0 radical (unpaired) electrons. The lowest BCUT2D eigenvalue weighted by atomic mass is 10.3. The van der Waals surface area contributed by atoms with Crippen LogP contribution in [0.4, 0.5) is 0 Å². The van der Waals surface area contributed by atoms with Crippen LogP contribution in [0, 0.1) is 0 Å². The van der Waals surface area contributed by atoms with E-state index in [9.17, 15) is 0 Å². The van der Waals surface area contributed by atoms with Crippen molar-refractivity contribution in [2.24, 2.45) is 0 Å². The van der Waals surface area contributed by atoms with Crippen molar-refractivity contribution in [2.75, 3.05) is 0 Å². The minimum absolute atomic E-state index is 0.226. The molecule has 2 unspecified atom stereocenters. The Morgan fingerprint density at radius 1 is 1.39 bits per heavy atom. The topological polar surface area (TPSA) is 48.5 Å². The molecule has 0 fully saturated rings. The zero-order valence-corrected chi connectivity index (χ0v) is 12.5. The fraction of sp³-hybridized carbons (Fsp3) is 0.583. The summed E-state index contributed by atoms with van der Waals surface area (Å²) >= 11 is 3.48. The number of alkyl halides is 1. The predicted octanol–water partition coefficient (Wildman–Crippen LogP) is 2.95. The van der Waals surface area contributed by atoms with Gasteiger partial charge < -0.3 is 0 Å². The Bertz CT molecular complexity index is 502. The summed E-state index contributed by atoms with van der Waals surface area (Å²) in [5, 5.41) is 12.7. The van der Waals surface area contributed by atoms with Gasteiger partial charge in [0.1, 0.15) is 0 Å². The number of aromatic nitrogens is 5. The molecular weight excluding hydrogens is 294 g/mol. The maximum absolute atomic E-state index is 4.55. The fourth-order valence-electron chi connectivity index (χ4n) is 1.63. The highest BCUT2D eigenvalue weighted by molar-refractivity contribution is 9.09. The Morgan fingerprint density at radius 2 is 2.17 bits per heavy atom. The van der Waals surface area contributed by atoms with E-state index in [2.05, 4.69) is 45.2 Å². The normalized spacial score (nSPS) is 14.7. The zero-order valence-electron chi connectivity index (χ0n) is 10.9. The first kappa shape index (κ1) is 13.3. The van der Waals surface area contributed by atoms with Crippen LogP contribution in [0.15, 0.2) is 18.5 Å². The van der Waals surface area contributed by atoms with Crippen molar-refractivity contribution in [1.29, 1.82) is 0 Å². The van der Waals surface area contributed by atoms with Crippen LogP contribution in [0.5, 0.6) is 0 Å². The van der Waals surface area contributed by atoms with Gasteiger partial charge in [-0.15, -0.1) is 5.10 Å². The number of halogens is 1. The van der Waals surface area contributed by atoms with Crippen LogP contribution in [0.3, 0.4) is 0 Å². The van der Waals surface area contributed by atoms with Crippen LogP contribution in [0.1, 0.15) is 49.4 Å². The van der Waals surface area contributed by atoms with E-state index in [1.807, 2.05) is 34.7 Å². The van der Waals surface area contributed by atoms with E-state index >= 15 is 0 Å². The van der Waals surface area contributed by atoms with Gasteiger partial charge in [0.25, 0.3) is 0 Å². The van der Waals surface area contributed by atoms with Crippen molar-refractivity contribution in [3.05, 3.63) is 29.8 Å². The molecule has 0 spiro atoms. The molecule has 18 heavy (non-hydrogen) atoms. The van der Waals surface area contributed by atoms with Crippen molar-refractivity contribution in [2.45, 2.75) is 44.6 Å². The van der Waals surface area contributed by atoms with Gasteiger partial charge in [-0.3, -0.25) is 4.68 Å². The maximum Gasteiger partial charge on any atom is 0.0960 e. The van der Waals surface area contributed by atoms with E-state index in [-0.39, 0.29) is 4.83 Å². The minimum atomic E-state index is 0.226. The lowest BCUT2D eigenvalue weighted by Gasteiger charge is -2.07. The van der Waals surface area contributed by atoms with Crippen LogP contribution in [0.2, 0.25) is 0 Å². The van der Waals surface area contributed by atoms with E-state index in [0.717, 1.165) is 17.8 Å². The molecular formula is C12H18BrN5. The molecule has 5 nitrogen and oxygen atoms in total. The summed E-state index contributed by atoms with van der Waals surface area (Å²) in [6.07, 6.45) is 5.05. The van der Waals surface area contributed by atoms with Crippen molar-refractivity contribution in [3.8, 4) is 0 Å². The molecule has 6 heteroatoms. The molecule has 0 saturated heterocycles. The summed E-state index contributed by atoms with van der Waals surface area (Å²) in [7, 11) is 0. The summed E-state index contributed by atoms with van der Waals surface area (Å²) in [6, 6.07) is 2.47. The van der Waals surface area contributed by atoms with Gasteiger partial charge >= 0.3 is 0 Å².